The van der Waals surface area contributed by atoms with Crippen LogP contribution in [0.3, 0.4) is 0 Å². The Kier molecular flexibility index (Phi) is 5.21. The summed E-state index contributed by atoms with van der Waals surface area (Å²) in [5, 5.41) is 19.2. The average molecular weight is 359 g/mol. The van der Waals surface area contributed by atoms with Crippen molar-refractivity contribution in [2.24, 2.45) is 0 Å². The van der Waals surface area contributed by atoms with Crippen LogP contribution in [0.25, 0.3) is 0 Å². The Balaban J connectivity index is 0.00000156. The second-order valence-electron chi connectivity index (χ2n) is 5.61. The van der Waals surface area contributed by atoms with E-state index in [1.165, 1.54) is 0 Å². The number of nitrogens with one attached hydrogen (secondary N) is 3. The number of phosphoric acid groups is 1. The van der Waals surface area contributed by atoms with Gasteiger partial charge in [0, 0.05) is 29.6 Å². The van der Waals surface area contributed by atoms with Gasteiger partial charge in [-0.3, -0.25) is 24.5 Å². The molecule has 0 spiro atoms. The number of aliphatic hydroxyl groups is 1. The van der Waals surface area contributed by atoms with Crippen molar-refractivity contribution in [1.82, 2.24) is 20.9 Å². The molecule has 4 rings (SSSR count). The Morgan fingerprint density at radius 2 is 2.13 bits per heavy atom. The van der Waals surface area contributed by atoms with Crippen LogP contribution in [0.5, 0.6) is 0 Å². The largest absolute Gasteiger partial charge is 0.472 e. The summed E-state index contributed by atoms with van der Waals surface area (Å²) in [5.41, 5.74) is 0. The van der Waals surface area contributed by atoms with Gasteiger partial charge in [0.05, 0.1) is 26.1 Å². The van der Waals surface area contributed by atoms with Crippen LogP contribution < -0.4 is 16.0 Å². The number of fused-ring (bicyclic) bond motifs is 2. The minimum Gasteiger partial charge on any atom is -0.386 e. The molecule has 7 unspecified atom stereocenters. The van der Waals surface area contributed by atoms with Gasteiger partial charge in [0.15, 0.2) is 0 Å². The van der Waals surface area contributed by atoms with Gasteiger partial charge in [-0.15, -0.1) is 0 Å². The molecule has 11 nitrogen and oxygen atoms in total. The monoisotopic (exact) mass is 359 g/mol. The van der Waals surface area contributed by atoms with E-state index in [0.29, 0.717) is 13.3 Å². The summed E-state index contributed by atoms with van der Waals surface area (Å²) in [4.78, 5) is 22.9. The summed E-state index contributed by atoms with van der Waals surface area (Å²) < 4.78 is 26.8. The van der Waals surface area contributed by atoms with Gasteiger partial charge in [-0.25, -0.2) is 9.46 Å². The third-order valence-corrected chi connectivity index (χ3v) is 5.30. The van der Waals surface area contributed by atoms with Crippen LogP contribution >= 0.6 is 7.82 Å². The molecular weight excluding hydrogens is 342 g/mol. The topological polar surface area (TPSA) is 142 Å². The molecule has 0 aromatic rings. The molecule has 23 heavy (non-hydrogen) atoms. The second kappa shape index (κ2) is 6.60. The molecule has 0 saturated carbocycles. The van der Waals surface area contributed by atoms with Gasteiger partial charge in [0.25, 0.3) is 0 Å². The number of hydrogen-bond donors (Lipinski definition) is 5. The van der Waals surface area contributed by atoms with Crippen molar-refractivity contribution in [3.05, 3.63) is 0 Å². The van der Waals surface area contributed by atoms with Crippen LogP contribution in [0, 0.1) is 0 Å². The number of aliphatic hydroxyl groups excluding tert-OH is 1. The number of phosphoric ester groups is 1. The van der Waals surface area contributed by atoms with E-state index in [1.54, 1.807) is 4.90 Å². The normalized spacial score (nSPS) is 49.9. The Hall–Kier alpha value is 0.380. The maximum Gasteiger partial charge on any atom is 0.472 e. The molecule has 1 amide bonds. The number of ether oxygens (including phenoxy) is 1. The Morgan fingerprint density at radius 1 is 1.35 bits per heavy atom. The van der Waals surface area contributed by atoms with Crippen molar-refractivity contribution >= 4 is 43.3 Å². The van der Waals surface area contributed by atoms with Crippen LogP contribution in [0.4, 0.5) is 0 Å². The van der Waals surface area contributed by atoms with Gasteiger partial charge in [-0.05, 0) is 0 Å². The number of carbonyl (C=O) groups excluding carboxylic acids is 1. The molecule has 4 saturated heterocycles. The molecular formula is C10H17N4NaO7P. The van der Waals surface area contributed by atoms with E-state index in [-0.39, 0.29) is 48.2 Å². The van der Waals surface area contributed by atoms with Crippen molar-refractivity contribution in [1.29, 1.82) is 0 Å². The van der Waals surface area contributed by atoms with Gasteiger partial charge in [0.1, 0.15) is 30.6 Å². The van der Waals surface area contributed by atoms with Gasteiger partial charge in [-0.1, -0.05) is 0 Å². The van der Waals surface area contributed by atoms with Crippen LogP contribution in [-0.4, -0.2) is 107 Å². The smallest absolute Gasteiger partial charge is 0.386 e. The minimum absolute atomic E-state index is 0. The predicted octanol–water partition coefficient (Wildman–Crippen LogP) is -3.56. The first kappa shape index (κ1) is 18.2. The molecule has 13 heteroatoms. The number of hydrogen-bond acceptors (Lipinski definition) is 9. The maximum absolute atomic E-state index is 11.8. The van der Waals surface area contributed by atoms with Crippen LogP contribution in [0.2, 0.25) is 0 Å². The van der Waals surface area contributed by atoms with E-state index >= 15 is 0 Å². The van der Waals surface area contributed by atoms with Crippen molar-refractivity contribution in [3.63, 3.8) is 0 Å². The van der Waals surface area contributed by atoms with Crippen molar-refractivity contribution < 1.29 is 33.1 Å². The molecule has 0 bridgehead atoms. The van der Waals surface area contributed by atoms with Gasteiger partial charge in [-0.2, -0.15) is 0 Å². The first-order valence-electron chi connectivity index (χ1n) is 6.96. The minimum atomic E-state index is -4.14. The molecule has 4 fully saturated rings. The summed E-state index contributed by atoms with van der Waals surface area (Å²) in [7, 11) is -4.14. The zero-order valence-electron chi connectivity index (χ0n) is 12.4. The van der Waals surface area contributed by atoms with E-state index in [2.05, 4.69) is 16.0 Å². The summed E-state index contributed by atoms with van der Waals surface area (Å²) in [6, 6.07) is -0.451. The van der Waals surface area contributed by atoms with E-state index < -0.39 is 38.4 Å². The Morgan fingerprint density at radius 3 is 2.91 bits per heavy atom. The molecule has 7 atom stereocenters. The zero-order valence-corrected chi connectivity index (χ0v) is 15.3. The van der Waals surface area contributed by atoms with E-state index in [1.807, 2.05) is 0 Å². The summed E-state index contributed by atoms with van der Waals surface area (Å²) in [6.07, 6.45) is -3.80. The summed E-state index contributed by atoms with van der Waals surface area (Å²) in [5.74, 6) is -0.129. The molecule has 4 aliphatic rings. The third kappa shape index (κ3) is 3.14. The number of carbonyl (C=O) groups is 1. The van der Waals surface area contributed by atoms with Crippen molar-refractivity contribution in [3.8, 4) is 0 Å². The molecule has 4 heterocycles. The fourth-order valence-electron chi connectivity index (χ4n) is 3.29. The average Bonchev–Trinajstić information content (AvgIpc) is 3.01. The first-order valence-corrected chi connectivity index (χ1v) is 8.45. The van der Waals surface area contributed by atoms with Crippen molar-refractivity contribution in [2.45, 2.75) is 36.7 Å². The van der Waals surface area contributed by atoms with Gasteiger partial charge < -0.3 is 20.1 Å². The molecule has 125 valence electrons. The van der Waals surface area contributed by atoms with Gasteiger partial charge >= 0.3 is 7.82 Å². The SMILES string of the molecule is O=C1NCNC2C1NCN2C1OC2COP(=O)(O)OC2C1O.[Na]. The standard InChI is InChI=1S/C10H17N4O7P.Na/c15-6-7-4(1-19-22(17,18)21-7)20-10(6)14-3-13-5-8(14)11-2-12-9(5)16;/h4-8,10-11,13,15H,1-3H2,(H,12,16)(H,17,18);. The number of amides is 1. The van der Waals surface area contributed by atoms with Gasteiger partial charge in [0.2, 0.25) is 5.91 Å². The molecule has 4 aliphatic heterocycles. The predicted molar refractivity (Wildman–Crippen MR) is 74.6 cm³/mol. The van der Waals surface area contributed by atoms with E-state index in [9.17, 15) is 19.4 Å². The molecule has 0 aromatic heterocycles. The molecule has 1 radical (unpaired) electrons. The summed E-state index contributed by atoms with van der Waals surface area (Å²) >= 11 is 0. The fraction of sp³-hybridized carbons (Fsp3) is 0.900. The quantitative estimate of drug-likeness (QED) is 0.236. The van der Waals surface area contributed by atoms with Crippen LogP contribution in [0.1, 0.15) is 0 Å². The van der Waals surface area contributed by atoms with E-state index in [4.69, 9.17) is 13.8 Å². The van der Waals surface area contributed by atoms with E-state index in [0.717, 1.165) is 0 Å². The first-order chi connectivity index (χ1) is 10.5. The van der Waals surface area contributed by atoms with Crippen molar-refractivity contribution in [2.75, 3.05) is 19.9 Å². The summed E-state index contributed by atoms with van der Waals surface area (Å²) in [6.45, 7) is 0.517. The second-order valence-corrected chi connectivity index (χ2v) is 7.02. The number of nitrogens with zero attached hydrogens (tertiary/aromatic N) is 1. The Bertz CT molecular complexity index is 541. The molecule has 0 aromatic carbocycles. The molecule has 0 aliphatic carbocycles. The zero-order chi connectivity index (χ0) is 15.5. The Labute approximate surface area is 153 Å². The third-order valence-electron chi connectivity index (χ3n) is 4.32. The molecule has 5 N–H and O–H groups in total. The fourth-order valence-corrected chi connectivity index (χ4v) is 4.25. The van der Waals surface area contributed by atoms with Crippen LogP contribution in [-0.2, 0) is 23.1 Å². The maximum atomic E-state index is 11.8. The van der Waals surface area contributed by atoms with Crippen LogP contribution in [0.15, 0.2) is 0 Å². The number of rotatable bonds is 1.